The number of amides is 1. The van der Waals surface area contributed by atoms with E-state index in [0.29, 0.717) is 22.2 Å². The van der Waals surface area contributed by atoms with Crippen LogP contribution in [0.15, 0.2) is 71.9 Å². The predicted octanol–water partition coefficient (Wildman–Crippen LogP) is 5.77. The summed E-state index contributed by atoms with van der Waals surface area (Å²) in [6.07, 6.45) is 0. The number of nitrogens with zero attached hydrogens (tertiary/aromatic N) is 3. The van der Waals surface area contributed by atoms with E-state index in [4.69, 9.17) is 16.3 Å². The number of hydrogen-bond donors (Lipinski definition) is 1. The Morgan fingerprint density at radius 1 is 1.06 bits per heavy atom. The molecule has 4 rings (SSSR count). The van der Waals surface area contributed by atoms with Crippen LogP contribution >= 0.6 is 23.4 Å². The number of hydrogen-bond acceptors (Lipinski definition) is 5. The first-order chi connectivity index (χ1) is 16.4. The van der Waals surface area contributed by atoms with Gasteiger partial charge in [-0.15, -0.1) is 10.2 Å². The Kier molecular flexibility index (Phi) is 7.55. The molecule has 1 heterocycles. The van der Waals surface area contributed by atoms with Crippen molar-refractivity contribution in [1.82, 2.24) is 20.1 Å². The minimum absolute atomic E-state index is 0.200. The fraction of sp³-hybridized carbons (Fsp3) is 0.192. The standard InChI is InChI=1S/C26H25ClN4O2S/c1-17-5-4-6-19(13-17)16-34-26-30-29-24(31(26)23-14-21(27)10-7-18(23)2)15-28-25(32)20-8-11-22(33-3)12-9-20/h4-14H,15-16H2,1-3H3,(H,28,32). The third kappa shape index (κ3) is 5.61. The molecule has 0 saturated heterocycles. The van der Waals surface area contributed by atoms with E-state index in [9.17, 15) is 4.79 Å². The highest BCUT2D eigenvalue weighted by Gasteiger charge is 2.18. The second-order valence-electron chi connectivity index (χ2n) is 7.85. The molecule has 0 saturated carbocycles. The molecule has 174 valence electrons. The molecule has 3 aromatic carbocycles. The highest BCUT2D eigenvalue weighted by molar-refractivity contribution is 7.98. The van der Waals surface area contributed by atoms with Crippen LogP contribution in [0.25, 0.3) is 5.69 Å². The summed E-state index contributed by atoms with van der Waals surface area (Å²) in [5, 5.41) is 13.1. The van der Waals surface area contributed by atoms with Gasteiger partial charge in [-0.3, -0.25) is 9.36 Å². The lowest BCUT2D eigenvalue weighted by atomic mass is 10.2. The maximum atomic E-state index is 12.7. The van der Waals surface area contributed by atoms with Gasteiger partial charge in [-0.2, -0.15) is 0 Å². The molecule has 0 radical (unpaired) electrons. The first-order valence-corrected chi connectivity index (χ1v) is 12.1. The molecule has 1 N–H and O–H groups in total. The van der Waals surface area contributed by atoms with E-state index in [1.54, 1.807) is 43.1 Å². The minimum Gasteiger partial charge on any atom is -0.497 e. The number of ether oxygens (including phenoxy) is 1. The third-order valence-electron chi connectivity index (χ3n) is 5.32. The summed E-state index contributed by atoms with van der Waals surface area (Å²) in [5.74, 6) is 1.87. The van der Waals surface area contributed by atoms with E-state index in [0.717, 1.165) is 22.2 Å². The SMILES string of the molecule is COc1ccc(C(=O)NCc2nnc(SCc3cccc(C)c3)n2-c2cc(Cl)ccc2C)cc1. The van der Waals surface area contributed by atoms with Gasteiger partial charge in [0.1, 0.15) is 5.75 Å². The van der Waals surface area contributed by atoms with Crippen molar-refractivity contribution >= 4 is 29.3 Å². The van der Waals surface area contributed by atoms with Crippen molar-refractivity contribution in [2.24, 2.45) is 0 Å². The maximum absolute atomic E-state index is 12.7. The Labute approximate surface area is 208 Å². The number of aromatic nitrogens is 3. The van der Waals surface area contributed by atoms with E-state index in [1.807, 2.05) is 29.7 Å². The van der Waals surface area contributed by atoms with Gasteiger partial charge in [0.2, 0.25) is 0 Å². The monoisotopic (exact) mass is 492 g/mol. The molecule has 0 aliphatic rings. The third-order valence-corrected chi connectivity index (χ3v) is 6.56. The molecular formula is C26H25ClN4O2S. The van der Waals surface area contributed by atoms with Gasteiger partial charge in [0.15, 0.2) is 11.0 Å². The molecule has 0 atom stereocenters. The molecule has 0 aliphatic carbocycles. The van der Waals surface area contributed by atoms with Gasteiger partial charge in [-0.25, -0.2) is 0 Å². The number of carbonyl (C=O) groups excluding carboxylic acids is 1. The van der Waals surface area contributed by atoms with Crippen molar-refractivity contribution in [3.63, 3.8) is 0 Å². The normalized spacial score (nSPS) is 10.8. The van der Waals surface area contributed by atoms with Crippen LogP contribution in [0.4, 0.5) is 0 Å². The van der Waals surface area contributed by atoms with Gasteiger partial charge in [0, 0.05) is 16.3 Å². The molecule has 0 aliphatic heterocycles. The first-order valence-electron chi connectivity index (χ1n) is 10.8. The van der Waals surface area contributed by atoms with Crippen LogP contribution in [0, 0.1) is 13.8 Å². The number of benzene rings is 3. The average molecular weight is 493 g/mol. The summed E-state index contributed by atoms with van der Waals surface area (Å²) in [6, 6.07) is 21.1. The van der Waals surface area contributed by atoms with Gasteiger partial charge in [0.05, 0.1) is 19.3 Å². The zero-order valence-corrected chi connectivity index (χ0v) is 20.8. The quantitative estimate of drug-likeness (QED) is 0.316. The van der Waals surface area contributed by atoms with E-state index in [-0.39, 0.29) is 12.5 Å². The molecule has 0 unspecified atom stereocenters. The van der Waals surface area contributed by atoms with Gasteiger partial charge in [-0.05, 0) is 61.4 Å². The number of rotatable bonds is 8. The number of halogens is 1. The lowest BCUT2D eigenvalue weighted by molar-refractivity contribution is 0.0949. The van der Waals surface area contributed by atoms with Crippen molar-refractivity contribution in [2.45, 2.75) is 31.3 Å². The van der Waals surface area contributed by atoms with Crippen molar-refractivity contribution in [3.8, 4) is 11.4 Å². The highest BCUT2D eigenvalue weighted by Crippen LogP contribution is 2.28. The van der Waals surface area contributed by atoms with Crippen molar-refractivity contribution in [1.29, 1.82) is 0 Å². The van der Waals surface area contributed by atoms with Gasteiger partial charge >= 0.3 is 0 Å². The number of carbonyl (C=O) groups is 1. The lowest BCUT2D eigenvalue weighted by Gasteiger charge is -2.14. The predicted molar refractivity (Wildman–Crippen MR) is 136 cm³/mol. The van der Waals surface area contributed by atoms with Crippen LogP contribution in [-0.2, 0) is 12.3 Å². The molecule has 8 heteroatoms. The highest BCUT2D eigenvalue weighted by atomic mass is 35.5. The van der Waals surface area contributed by atoms with E-state index >= 15 is 0 Å². The summed E-state index contributed by atoms with van der Waals surface area (Å²) in [6.45, 7) is 4.31. The Morgan fingerprint density at radius 3 is 2.59 bits per heavy atom. The Balaban J connectivity index is 1.59. The molecule has 4 aromatic rings. The lowest BCUT2D eigenvalue weighted by Crippen LogP contribution is -2.24. The summed E-state index contributed by atoms with van der Waals surface area (Å²) in [7, 11) is 1.59. The minimum atomic E-state index is -0.200. The second kappa shape index (κ2) is 10.8. The van der Waals surface area contributed by atoms with Crippen LogP contribution in [0.2, 0.25) is 5.02 Å². The molecule has 0 fully saturated rings. The zero-order valence-electron chi connectivity index (χ0n) is 19.2. The van der Waals surface area contributed by atoms with Crippen molar-refractivity contribution < 1.29 is 9.53 Å². The summed E-state index contributed by atoms with van der Waals surface area (Å²) in [5.41, 5.74) is 4.88. The van der Waals surface area contributed by atoms with Crippen LogP contribution in [-0.4, -0.2) is 27.8 Å². The molecule has 0 bridgehead atoms. The number of methoxy groups -OCH3 is 1. The fourth-order valence-electron chi connectivity index (χ4n) is 3.53. The zero-order chi connectivity index (χ0) is 24.1. The largest absolute Gasteiger partial charge is 0.497 e. The molecule has 0 spiro atoms. The molecule has 34 heavy (non-hydrogen) atoms. The molecule has 1 amide bonds. The fourth-order valence-corrected chi connectivity index (χ4v) is 4.60. The topological polar surface area (TPSA) is 69.0 Å². The van der Waals surface area contributed by atoms with Crippen LogP contribution in [0.3, 0.4) is 0 Å². The second-order valence-corrected chi connectivity index (χ2v) is 9.23. The number of nitrogens with one attached hydrogen (secondary N) is 1. The summed E-state index contributed by atoms with van der Waals surface area (Å²) >= 11 is 7.91. The van der Waals surface area contributed by atoms with Crippen LogP contribution < -0.4 is 10.1 Å². The van der Waals surface area contributed by atoms with Crippen LogP contribution in [0.1, 0.15) is 32.9 Å². The van der Waals surface area contributed by atoms with Gasteiger partial charge < -0.3 is 10.1 Å². The van der Waals surface area contributed by atoms with Crippen molar-refractivity contribution in [2.75, 3.05) is 7.11 Å². The first kappa shape index (κ1) is 23.9. The van der Waals surface area contributed by atoms with E-state index in [1.165, 1.54) is 11.1 Å². The number of thioether (sulfide) groups is 1. The smallest absolute Gasteiger partial charge is 0.251 e. The molecule has 1 aromatic heterocycles. The van der Waals surface area contributed by atoms with E-state index in [2.05, 4.69) is 46.7 Å². The van der Waals surface area contributed by atoms with Crippen molar-refractivity contribution in [3.05, 3.63) is 99.8 Å². The average Bonchev–Trinajstić information content (AvgIpc) is 3.25. The Morgan fingerprint density at radius 2 is 1.85 bits per heavy atom. The number of aryl methyl sites for hydroxylation is 2. The Hall–Kier alpha value is -3.29. The maximum Gasteiger partial charge on any atom is 0.251 e. The van der Waals surface area contributed by atoms with Gasteiger partial charge in [0.25, 0.3) is 5.91 Å². The summed E-state index contributed by atoms with van der Waals surface area (Å²) < 4.78 is 7.13. The van der Waals surface area contributed by atoms with Gasteiger partial charge in [-0.1, -0.05) is 59.3 Å². The molecular weight excluding hydrogens is 468 g/mol. The molecule has 6 nitrogen and oxygen atoms in total. The van der Waals surface area contributed by atoms with E-state index < -0.39 is 0 Å². The van der Waals surface area contributed by atoms with Crippen LogP contribution in [0.5, 0.6) is 5.75 Å². The Bertz CT molecular complexity index is 1300. The summed E-state index contributed by atoms with van der Waals surface area (Å²) in [4.78, 5) is 12.7.